The van der Waals surface area contributed by atoms with E-state index < -0.39 is 0 Å². The molecule has 1 aliphatic heterocycles. The molecule has 0 amide bonds. The third-order valence-corrected chi connectivity index (χ3v) is 3.51. The second kappa shape index (κ2) is 5.36. The summed E-state index contributed by atoms with van der Waals surface area (Å²) in [7, 11) is 0. The number of hydrogen-bond acceptors (Lipinski definition) is 5. The van der Waals surface area contributed by atoms with Crippen molar-refractivity contribution in [1.82, 2.24) is 24.8 Å². The Morgan fingerprint density at radius 2 is 1.84 bits per heavy atom. The van der Waals surface area contributed by atoms with Crippen molar-refractivity contribution >= 4 is 5.95 Å². The van der Waals surface area contributed by atoms with Crippen LogP contribution in [0.5, 0.6) is 0 Å². The van der Waals surface area contributed by atoms with Crippen molar-refractivity contribution in [3.63, 3.8) is 0 Å². The first-order valence-corrected chi connectivity index (χ1v) is 6.56. The summed E-state index contributed by atoms with van der Waals surface area (Å²) in [6.07, 6.45) is 5.35. The lowest BCUT2D eigenvalue weighted by Gasteiger charge is -2.34. The molecule has 6 heteroatoms. The first-order chi connectivity index (χ1) is 9.33. The molecule has 0 bridgehead atoms. The molecule has 1 fully saturated rings. The Hall–Kier alpha value is -1.95. The van der Waals surface area contributed by atoms with E-state index in [0.717, 1.165) is 50.1 Å². The average Bonchev–Trinajstić information content (AvgIpc) is 2.86. The highest BCUT2D eigenvalue weighted by molar-refractivity contribution is 5.29. The molecule has 1 saturated heterocycles. The van der Waals surface area contributed by atoms with Gasteiger partial charge in [-0.3, -0.25) is 4.90 Å². The van der Waals surface area contributed by atoms with Gasteiger partial charge in [0.1, 0.15) is 0 Å². The van der Waals surface area contributed by atoms with Crippen LogP contribution in [0.25, 0.3) is 0 Å². The molecule has 1 aliphatic rings. The van der Waals surface area contributed by atoms with Crippen molar-refractivity contribution in [1.29, 1.82) is 0 Å². The van der Waals surface area contributed by atoms with Crippen LogP contribution in [0.1, 0.15) is 11.4 Å². The minimum Gasteiger partial charge on any atom is -0.348 e. The van der Waals surface area contributed by atoms with Gasteiger partial charge in [0.2, 0.25) is 5.95 Å². The molecule has 100 valence electrons. The monoisotopic (exact) mass is 258 g/mol. The van der Waals surface area contributed by atoms with Gasteiger partial charge in [0, 0.05) is 50.8 Å². The molecule has 3 heterocycles. The summed E-state index contributed by atoms with van der Waals surface area (Å²) in [6.45, 7) is 6.95. The number of nitrogens with zero attached hydrogens (tertiary/aromatic N) is 5. The summed E-state index contributed by atoms with van der Waals surface area (Å²) < 4.78 is 0. The molecule has 2 aromatic rings. The van der Waals surface area contributed by atoms with Crippen molar-refractivity contribution in [2.24, 2.45) is 0 Å². The van der Waals surface area contributed by atoms with Crippen LogP contribution in [0.3, 0.4) is 0 Å². The van der Waals surface area contributed by atoms with Crippen LogP contribution in [0.4, 0.5) is 5.95 Å². The lowest BCUT2D eigenvalue weighted by molar-refractivity contribution is 0.246. The number of aromatic nitrogens is 4. The number of H-pyrrole nitrogens is 1. The summed E-state index contributed by atoms with van der Waals surface area (Å²) in [4.78, 5) is 20.7. The maximum atomic E-state index is 4.35. The van der Waals surface area contributed by atoms with Crippen LogP contribution in [0.15, 0.2) is 24.8 Å². The fraction of sp³-hybridized carbons (Fsp3) is 0.462. The second-order valence-corrected chi connectivity index (χ2v) is 4.79. The smallest absolute Gasteiger partial charge is 0.225 e. The second-order valence-electron chi connectivity index (χ2n) is 4.79. The molecule has 19 heavy (non-hydrogen) atoms. The van der Waals surface area contributed by atoms with Gasteiger partial charge in [0.25, 0.3) is 0 Å². The van der Waals surface area contributed by atoms with Gasteiger partial charge in [0.15, 0.2) is 0 Å². The van der Waals surface area contributed by atoms with Gasteiger partial charge in [-0.2, -0.15) is 0 Å². The van der Waals surface area contributed by atoms with Gasteiger partial charge in [-0.15, -0.1) is 0 Å². The zero-order chi connectivity index (χ0) is 13.1. The van der Waals surface area contributed by atoms with E-state index in [4.69, 9.17) is 0 Å². The number of rotatable bonds is 3. The molecule has 2 aromatic heterocycles. The van der Waals surface area contributed by atoms with E-state index in [0.29, 0.717) is 0 Å². The number of piperazine rings is 1. The number of imidazole rings is 1. The predicted octanol–water partition coefficient (Wildman–Crippen LogP) is 0.830. The SMILES string of the molecule is Cc1[nH]cnc1CN1CCN(c2ncccn2)CC1. The fourth-order valence-corrected chi connectivity index (χ4v) is 2.32. The molecule has 0 aliphatic carbocycles. The molecule has 0 saturated carbocycles. The van der Waals surface area contributed by atoms with Crippen LogP contribution < -0.4 is 4.90 Å². The molecule has 0 radical (unpaired) electrons. The molecule has 0 atom stereocenters. The topological polar surface area (TPSA) is 60.9 Å². The first kappa shape index (κ1) is 12.1. The predicted molar refractivity (Wildman–Crippen MR) is 72.8 cm³/mol. The Balaban J connectivity index is 1.57. The summed E-state index contributed by atoms with van der Waals surface area (Å²) >= 11 is 0. The van der Waals surface area contributed by atoms with Crippen LogP contribution in [0, 0.1) is 6.92 Å². The Labute approximate surface area is 112 Å². The molecular formula is C13H18N6. The number of aryl methyl sites for hydroxylation is 1. The van der Waals surface area contributed by atoms with E-state index in [1.165, 1.54) is 0 Å². The van der Waals surface area contributed by atoms with Crippen molar-refractivity contribution in [3.05, 3.63) is 36.2 Å². The number of anilines is 1. The third-order valence-electron chi connectivity index (χ3n) is 3.51. The van der Waals surface area contributed by atoms with E-state index in [1.807, 2.05) is 6.07 Å². The minimum absolute atomic E-state index is 0.832. The lowest BCUT2D eigenvalue weighted by Crippen LogP contribution is -2.46. The molecule has 6 nitrogen and oxygen atoms in total. The average molecular weight is 258 g/mol. The van der Waals surface area contributed by atoms with Crippen LogP contribution >= 0.6 is 0 Å². The lowest BCUT2D eigenvalue weighted by atomic mass is 10.2. The zero-order valence-electron chi connectivity index (χ0n) is 11.1. The van der Waals surface area contributed by atoms with Crippen LogP contribution in [-0.2, 0) is 6.54 Å². The van der Waals surface area contributed by atoms with Gasteiger partial charge in [-0.1, -0.05) is 0 Å². The summed E-state index contributed by atoms with van der Waals surface area (Å²) in [6, 6.07) is 1.85. The highest BCUT2D eigenvalue weighted by atomic mass is 15.3. The quantitative estimate of drug-likeness (QED) is 0.883. The summed E-state index contributed by atoms with van der Waals surface area (Å²) in [5.41, 5.74) is 2.30. The molecule has 3 rings (SSSR count). The van der Waals surface area contributed by atoms with Gasteiger partial charge in [-0.05, 0) is 13.0 Å². The molecule has 0 unspecified atom stereocenters. The molecule has 0 spiro atoms. The van der Waals surface area contributed by atoms with E-state index in [9.17, 15) is 0 Å². The Morgan fingerprint density at radius 3 is 2.47 bits per heavy atom. The zero-order valence-corrected chi connectivity index (χ0v) is 11.1. The van der Waals surface area contributed by atoms with Crippen molar-refractivity contribution in [2.45, 2.75) is 13.5 Å². The maximum absolute atomic E-state index is 4.35. The van der Waals surface area contributed by atoms with Crippen LogP contribution in [0.2, 0.25) is 0 Å². The van der Waals surface area contributed by atoms with Crippen molar-refractivity contribution < 1.29 is 0 Å². The summed E-state index contributed by atoms with van der Waals surface area (Å²) in [5.74, 6) is 0.832. The number of aromatic amines is 1. The van der Waals surface area contributed by atoms with Crippen LogP contribution in [-0.4, -0.2) is 51.0 Å². The molecular weight excluding hydrogens is 240 g/mol. The highest BCUT2D eigenvalue weighted by Gasteiger charge is 2.19. The van der Waals surface area contributed by atoms with Crippen molar-refractivity contribution in [2.75, 3.05) is 31.1 Å². The van der Waals surface area contributed by atoms with Gasteiger partial charge >= 0.3 is 0 Å². The van der Waals surface area contributed by atoms with Gasteiger partial charge in [0.05, 0.1) is 12.0 Å². The van der Waals surface area contributed by atoms with E-state index in [2.05, 4.69) is 36.7 Å². The summed E-state index contributed by atoms with van der Waals surface area (Å²) in [5, 5.41) is 0. The third kappa shape index (κ3) is 2.73. The maximum Gasteiger partial charge on any atom is 0.225 e. The Kier molecular flexibility index (Phi) is 3.41. The standard InChI is InChI=1S/C13H18N6/c1-11-12(17-10-16-11)9-18-5-7-19(8-6-18)13-14-3-2-4-15-13/h2-4,10H,5-9H2,1H3,(H,16,17). The number of nitrogens with one attached hydrogen (secondary N) is 1. The van der Waals surface area contributed by atoms with E-state index in [-0.39, 0.29) is 0 Å². The highest BCUT2D eigenvalue weighted by Crippen LogP contribution is 2.12. The van der Waals surface area contributed by atoms with E-state index in [1.54, 1.807) is 18.7 Å². The van der Waals surface area contributed by atoms with Crippen molar-refractivity contribution in [3.8, 4) is 0 Å². The fourth-order valence-electron chi connectivity index (χ4n) is 2.32. The van der Waals surface area contributed by atoms with Gasteiger partial charge in [-0.25, -0.2) is 15.0 Å². The molecule has 1 N–H and O–H groups in total. The normalized spacial score (nSPS) is 16.8. The minimum atomic E-state index is 0.832. The van der Waals surface area contributed by atoms with Gasteiger partial charge < -0.3 is 9.88 Å². The molecule has 0 aromatic carbocycles. The van der Waals surface area contributed by atoms with E-state index >= 15 is 0 Å². The Bertz CT molecular complexity index is 515. The first-order valence-electron chi connectivity index (χ1n) is 6.56. The largest absolute Gasteiger partial charge is 0.348 e. The number of hydrogen-bond donors (Lipinski definition) is 1. The Morgan fingerprint density at radius 1 is 1.11 bits per heavy atom.